The topological polar surface area (TPSA) is 26.3 Å². The average Bonchev–Trinajstić information content (AvgIpc) is 2.18. The van der Waals surface area contributed by atoms with Crippen LogP contribution in [0.2, 0.25) is 0 Å². The van der Waals surface area contributed by atoms with E-state index in [9.17, 15) is 4.79 Å². The molecule has 0 rings (SSSR count). The summed E-state index contributed by atoms with van der Waals surface area (Å²) in [5, 5.41) is 0. The van der Waals surface area contributed by atoms with E-state index >= 15 is 0 Å². The van der Waals surface area contributed by atoms with Crippen LogP contribution >= 0.6 is 22.6 Å². The molecule has 0 heterocycles. The Morgan fingerprint density at radius 3 is 2.33 bits per heavy atom. The molecule has 0 bridgehead atoms. The predicted octanol–water partition coefficient (Wildman–Crippen LogP) is 3.96. The van der Waals surface area contributed by atoms with Crippen LogP contribution in [0.3, 0.4) is 0 Å². The van der Waals surface area contributed by atoms with Crippen molar-refractivity contribution in [3.8, 4) is 0 Å². The first-order chi connectivity index (χ1) is 7.04. The van der Waals surface area contributed by atoms with E-state index in [1.807, 2.05) is 20.8 Å². The highest BCUT2D eigenvalue weighted by Gasteiger charge is 2.28. The molecular weight excluding hydrogens is 303 g/mol. The van der Waals surface area contributed by atoms with E-state index in [1.165, 1.54) is 23.7 Å². The van der Waals surface area contributed by atoms with Crippen molar-refractivity contribution in [2.45, 2.75) is 52.9 Å². The van der Waals surface area contributed by atoms with Gasteiger partial charge in [-0.15, -0.1) is 0 Å². The van der Waals surface area contributed by atoms with E-state index in [-0.39, 0.29) is 11.4 Å². The average molecular weight is 326 g/mol. The Morgan fingerprint density at radius 1 is 1.20 bits per heavy atom. The molecule has 0 N–H and O–H groups in total. The number of hydrogen-bond acceptors (Lipinski definition) is 2. The molecular formula is C12H23IO2. The molecule has 0 unspecified atom stereocenters. The molecule has 0 fully saturated rings. The summed E-state index contributed by atoms with van der Waals surface area (Å²) in [7, 11) is 0. The fraction of sp³-hybridized carbons (Fsp3) is 0.917. The van der Waals surface area contributed by atoms with Crippen LogP contribution in [0, 0.1) is 5.41 Å². The van der Waals surface area contributed by atoms with E-state index in [0.29, 0.717) is 6.61 Å². The predicted molar refractivity (Wildman–Crippen MR) is 72.4 cm³/mol. The number of hydrogen-bond donors (Lipinski definition) is 0. The maximum atomic E-state index is 11.6. The van der Waals surface area contributed by atoms with Crippen molar-refractivity contribution in [2.24, 2.45) is 5.41 Å². The lowest BCUT2D eigenvalue weighted by Gasteiger charge is -2.21. The summed E-state index contributed by atoms with van der Waals surface area (Å²) < 4.78 is 6.28. The largest absolute Gasteiger partial charge is 0.466 e. The van der Waals surface area contributed by atoms with Gasteiger partial charge in [0.15, 0.2) is 0 Å². The van der Waals surface area contributed by atoms with Gasteiger partial charge in [-0.25, -0.2) is 0 Å². The third-order valence-corrected chi connectivity index (χ3v) is 3.28. The molecule has 0 aliphatic heterocycles. The number of alkyl halides is 1. The van der Waals surface area contributed by atoms with Gasteiger partial charge in [0.25, 0.3) is 0 Å². The molecule has 0 atom stereocenters. The van der Waals surface area contributed by atoms with Crippen molar-refractivity contribution >= 4 is 28.6 Å². The molecule has 0 aromatic rings. The zero-order chi connectivity index (χ0) is 11.7. The molecule has 0 radical (unpaired) electrons. The molecule has 3 heteroatoms. The van der Waals surface area contributed by atoms with Crippen LogP contribution in [0.1, 0.15) is 52.9 Å². The Kier molecular flexibility index (Phi) is 8.47. The summed E-state index contributed by atoms with van der Waals surface area (Å²) in [6.45, 7) is 6.29. The van der Waals surface area contributed by atoms with Gasteiger partial charge in [0.2, 0.25) is 0 Å². The van der Waals surface area contributed by atoms with Gasteiger partial charge in [-0.05, 0) is 38.0 Å². The summed E-state index contributed by atoms with van der Waals surface area (Å²) in [4.78, 5) is 11.6. The molecule has 0 aromatic heterocycles. The first-order valence-electron chi connectivity index (χ1n) is 5.77. The quantitative estimate of drug-likeness (QED) is 0.292. The fourth-order valence-corrected chi connectivity index (χ4v) is 1.98. The lowest BCUT2D eigenvalue weighted by atomic mass is 9.87. The second-order valence-corrected chi connectivity index (χ2v) is 5.54. The number of carbonyl (C=O) groups is 1. The van der Waals surface area contributed by atoms with E-state index in [4.69, 9.17) is 4.74 Å². The van der Waals surface area contributed by atoms with Gasteiger partial charge in [-0.3, -0.25) is 4.79 Å². The van der Waals surface area contributed by atoms with Crippen LogP contribution in [-0.2, 0) is 9.53 Å². The molecule has 0 aliphatic rings. The normalized spacial score (nSPS) is 11.5. The second-order valence-electron chi connectivity index (χ2n) is 4.46. The monoisotopic (exact) mass is 326 g/mol. The smallest absolute Gasteiger partial charge is 0.311 e. The molecule has 0 aliphatic carbocycles. The molecule has 0 amide bonds. The summed E-state index contributed by atoms with van der Waals surface area (Å²) in [6.07, 6.45) is 5.86. The van der Waals surface area contributed by atoms with Gasteiger partial charge in [0, 0.05) is 0 Å². The number of unbranched alkanes of at least 4 members (excludes halogenated alkanes) is 3. The Balaban J connectivity index is 3.68. The molecule has 0 aromatic carbocycles. The van der Waals surface area contributed by atoms with Crippen LogP contribution in [-0.4, -0.2) is 17.0 Å². The number of esters is 1. The van der Waals surface area contributed by atoms with Crippen molar-refractivity contribution in [1.29, 1.82) is 0 Å². The minimum absolute atomic E-state index is 0.0566. The van der Waals surface area contributed by atoms with Crippen molar-refractivity contribution in [1.82, 2.24) is 0 Å². The first-order valence-corrected chi connectivity index (χ1v) is 7.30. The van der Waals surface area contributed by atoms with E-state index in [1.54, 1.807) is 0 Å². The lowest BCUT2D eigenvalue weighted by Crippen LogP contribution is -2.26. The molecule has 0 saturated carbocycles. The maximum Gasteiger partial charge on any atom is 0.311 e. The summed E-state index contributed by atoms with van der Waals surface area (Å²) in [6, 6.07) is 0. The molecule has 0 spiro atoms. The van der Waals surface area contributed by atoms with Crippen molar-refractivity contribution in [3.63, 3.8) is 0 Å². The van der Waals surface area contributed by atoms with Gasteiger partial charge in [0.05, 0.1) is 12.0 Å². The molecule has 15 heavy (non-hydrogen) atoms. The van der Waals surface area contributed by atoms with Gasteiger partial charge in [-0.1, -0.05) is 41.9 Å². The highest BCUT2D eigenvalue weighted by molar-refractivity contribution is 14.1. The fourth-order valence-electron chi connectivity index (χ4n) is 1.44. The summed E-state index contributed by atoms with van der Waals surface area (Å²) in [5.74, 6) is -0.0566. The SMILES string of the molecule is CCOC(=O)C(C)(C)CCCCCCI. The minimum Gasteiger partial charge on any atom is -0.466 e. The first kappa shape index (κ1) is 15.2. The van der Waals surface area contributed by atoms with E-state index < -0.39 is 0 Å². The molecule has 2 nitrogen and oxygen atoms in total. The summed E-state index contributed by atoms with van der Waals surface area (Å²) in [5.41, 5.74) is -0.305. The highest BCUT2D eigenvalue weighted by atomic mass is 127. The third kappa shape index (κ3) is 7.14. The van der Waals surface area contributed by atoms with Gasteiger partial charge in [0.1, 0.15) is 0 Å². The standard InChI is InChI=1S/C12H23IO2/c1-4-15-11(14)12(2,3)9-7-5-6-8-10-13/h4-10H2,1-3H3. The van der Waals surface area contributed by atoms with Crippen molar-refractivity contribution in [3.05, 3.63) is 0 Å². The number of halogens is 1. The Labute approximate surface area is 107 Å². The maximum absolute atomic E-state index is 11.6. The van der Waals surface area contributed by atoms with Crippen LogP contribution < -0.4 is 0 Å². The van der Waals surface area contributed by atoms with Crippen LogP contribution in [0.25, 0.3) is 0 Å². The molecule has 90 valence electrons. The van der Waals surface area contributed by atoms with Crippen molar-refractivity contribution in [2.75, 3.05) is 11.0 Å². The lowest BCUT2D eigenvalue weighted by molar-refractivity contribution is -0.153. The van der Waals surface area contributed by atoms with Crippen LogP contribution in [0.4, 0.5) is 0 Å². The number of carbonyl (C=O) groups excluding carboxylic acids is 1. The van der Waals surface area contributed by atoms with Gasteiger partial charge in [-0.2, -0.15) is 0 Å². The Bertz CT molecular complexity index is 178. The third-order valence-electron chi connectivity index (χ3n) is 2.51. The van der Waals surface area contributed by atoms with E-state index in [0.717, 1.165) is 12.8 Å². The second kappa shape index (κ2) is 8.36. The number of rotatable bonds is 8. The minimum atomic E-state index is -0.305. The Hall–Kier alpha value is 0.200. The number of ether oxygens (including phenoxy) is 1. The molecule has 0 saturated heterocycles. The zero-order valence-electron chi connectivity index (χ0n) is 10.1. The van der Waals surface area contributed by atoms with Gasteiger partial charge < -0.3 is 4.74 Å². The van der Waals surface area contributed by atoms with E-state index in [2.05, 4.69) is 22.6 Å². The van der Waals surface area contributed by atoms with Crippen LogP contribution in [0.5, 0.6) is 0 Å². The van der Waals surface area contributed by atoms with Crippen LogP contribution in [0.15, 0.2) is 0 Å². The van der Waals surface area contributed by atoms with Crippen molar-refractivity contribution < 1.29 is 9.53 Å². The zero-order valence-corrected chi connectivity index (χ0v) is 12.3. The Morgan fingerprint density at radius 2 is 1.80 bits per heavy atom. The van der Waals surface area contributed by atoms with Gasteiger partial charge >= 0.3 is 5.97 Å². The highest BCUT2D eigenvalue weighted by Crippen LogP contribution is 2.25. The summed E-state index contributed by atoms with van der Waals surface area (Å²) >= 11 is 2.40.